The molecular formula is C12H19NO3S. The summed E-state index contributed by atoms with van der Waals surface area (Å²) in [6.45, 7) is 0. The second-order valence-electron chi connectivity index (χ2n) is 5.30. The molecule has 0 aromatic rings. The summed E-state index contributed by atoms with van der Waals surface area (Å²) in [4.78, 5) is 24.3. The lowest BCUT2D eigenvalue weighted by Crippen LogP contribution is -2.30. The summed E-state index contributed by atoms with van der Waals surface area (Å²) >= 11 is 1.59. The number of hydrogen-bond acceptors (Lipinski definition) is 3. The molecule has 2 aliphatic rings. The van der Waals surface area contributed by atoms with E-state index in [1.165, 1.54) is 0 Å². The molecule has 2 rings (SSSR count). The van der Waals surface area contributed by atoms with E-state index >= 15 is 0 Å². The van der Waals surface area contributed by atoms with Gasteiger partial charge in [0.05, 0.1) is 12.2 Å². The lowest BCUT2D eigenvalue weighted by molar-refractivity contribution is -0.138. The first-order valence-corrected chi connectivity index (χ1v) is 7.23. The van der Waals surface area contributed by atoms with E-state index in [9.17, 15) is 9.59 Å². The quantitative estimate of drug-likeness (QED) is 0.752. The minimum absolute atomic E-state index is 0.00503. The normalized spacial score (nSPS) is 21.0. The second kappa shape index (κ2) is 4.88. The van der Waals surface area contributed by atoms with Crippen molar-refractivity contribution >= 4 is 23.6 Å². The SMILES string of the molecule is CN(C(=O)CSCC1(CC(=O)O)CC1)C1CC1. The van der Waals surface area contributed by atoms with Crippen LogP contribution in [0.15, 0.2) is 0 Å². The van der Waals surface area contributed by atoms with Crippen LogP contribution < -0.4 is 0 Å². The van der Waals surface area contributed by atoms with E-state index in [4.69, 9.17) is 5.11 Å². The second-order valence-corrected chi connectivity index (χ2v) is 6.28. The summed E-state index contributed by atoms with van der Waals surface area (Å²) < 4.78 is 0. The van der Waals surface area contributed by atoms with Crippen molar-refractivity contribution < 1.29 is 14.7 Å². The summed E-state index contributed by atoms with van der Waals surface area (Å²) in [5, 5.41) is 8.78. The highest BCUT2D eigenvalue weighted by molar-refractivity contribution is 7.99. The average molecular weight is 257 g/mol. The Kier molecular flexibility index (Phi) is 3.66. The monoisotopic (exact) mass is 257 g/mol. The van der Waals surface area contributed by atoms with Crippen LogP contribution >= 0.6 is 11.8 Å². The Labute approximate surface area is 106 Å². The third-order valence-electron chi connectivity index (χ3n) is 3.61. The third-order valence-corrected chi connectivity index (χ3v) is 4.87. The number of carbonyl (C=O) groups excluding carboxylic acids is 1. The molecule has 0 bridgehead atoms. The van der Waals surface area contributed by atoms with Crippen LogP contribution in [0.4, 0.5) is 0 Å². The highest BCUT2D eigenvalue weighted by atomic mass is 32.2. The van der Waals surface area contributed by atoms with Crippen molar-refractivity contribution in [1.82, 2.24) is 4.90 Å². The maximum atomic E-state index is 11.7. The number of amides is 1. The smallest absolute Gasteiger partial charge is 0.303 e. The van der Waals surface area contributed by atoms with E-state index in [-0.39, 0.29) is 17.7 Å². The molecule has 0 saturated heterocycles. The predicted octanol–water partition coefficient (Wildman–Crippen LogP) is 1.60. The summed E-state index contributed by atoms with van der Waals surface area (Å²) in [7, 11) is 1.87. The van der Waals surface area contributed by atoms with Gasteiger partial charge in [-0.3, -0.25) is 9.59 Å². The first-order chi connectivity index (χ1) is 8.02. The van der Waals surface area contributed by atoms with Crippen molar-refractivity contribution in [3.05, 3.63) is 0 Å². The van der Waals surface area contributed by atoms with Crippen LogP contribution in [0.3, 0.4) is 0 Å². The maximum absolute atomic E-state index is 11.7. The van der Waals surface area contributed by atoms with E-state index in [0.717, 1.165) is 31.4 Å². The number of nitrogens with zero attached hydrogens (tertiary/aromatic N) is 1. The molecule has 0 radical (unpaired) electrons. The van der Waals surface area contributed by atoms with Gasteiger partial charge >= 0.3 is 5.97 Å². The zero-order valence-electron chi connectivity index (χ0n) is 10.1. The van der Waals surface area contributed by atoms with Gasteiger partial charge in [0, 0.05) is 13.1 Å². The molecule has 2 saturated carbocycles. The molecule has 2 fully saturated rings. The molecule has 0 aromatic heterocycles. The van der Waals surface area contributed by atoms with Gasteiger partial charge in [-0.1, -0.05) is 0 Å². The Hall–Kier alpha value is -0.710. The molecule has 0 aliphatic heterocycles. The van der Waals surface area contributed by atoms with Gasteiger partial charge in [-0.05, 0) is 36.9 Å². The van der Waals surface area contributed by atoms with E-state index in [1.807, 2.05) is 11.9 Å². The van der Waals surface area contributed by atoms with Crippen LogP contribution in [0.2, 0.25) is 0 Å². The lowest BCUT2D eigenvalue weighted by Gasteiger charge is -2.17. The third kappa shape index (κ3) is 3.63. The highest BCUT2D eigenvalue weighted by Crippen LogP contribution is 2.51. The standard InChI is InChI=1S/C12H19NO3S/c1-13(9-2-3-9)10(14)7-17-8-12(4-5-12)6-11(15)16/h9H,2-8H2,1H3,(H,15,16). The van der Waals surface area contributed by atoms with Gasteiger partial charge in [0.1, 0.15) is 0 Å². The molecule has 0 atom stereocenters. The number of hydrogen-bond donors (Lipinski definition) is 1. The molecular weight excluding hydrogens is 238 g/mol. The van der Waals surface area contributed by atoms with Crippen LogP contribution in [0, 0.1) is 5.41 Å². The summed E-state index contributed by atoms with van der Waals surface area (Å²) in [5.41, 5.74) is -0.00503. The Morgan fingerprint density at radius 1 is 1.41 bits per heavy atom. The molecule has 0 spiro atoms. The largest absolute Gasteiger partial charge is 0.481 e. The number of rotatable bonds is 7. The molecule has 0 aromatic carbocycles. The molecule has 2 aliphatic carbocycles. The fourth-order valence-electron chi connectivity index (χ4n) is 1.99. The minimum Gasteiger partial charge on any atom is -0.481 e. The summed E-state index contributed by atoms with van der Waals surface area (Å²) in [6.07, 6.45) is 4.52. The highest BCUT2D eigenvalue weighted by Gasteiger charge is 2.44. The van der Waals surface area contributed by atoms with E-state index in [2.05, 4.69) is 0 Å². The number of aliphatic carboxylic acids is 1. The fraction of sp³-hybridized carbons (Fsp3) is 0.833. The zero-order chi connectivity index (χ0) is 12.5. The van der Waals surface area contributed by atoms with E-state index < -0.39 is 5.97 Å². The van der Waals surface area contributed by atoms with Crippen LogP contribution in [0.25, 0.3) is 0 Å². The topological polar surface area (TPSA) is 57.6 Å². The van der Waals surface area contributed by atoms with Crippen LogP contribution in [-0.2, 0) is 9.59 Å². The zero-order valence-corrected chi connectivity index (χ0v) is 11.0. The molecule has 4 nitrogen and oxygen atoms in total. The number of thioether (sulfide) groups is 1. The summed E-state index contributed by atoms with van der Waals surface area (Å²) in [5.74, 6) is 0.769. The Morgan fingerprint density at radius 2 is 2.06 bits per heavy atom. The molecule has 1 N–H and O–H groups in total. The average Bonchev–Trinajstić information content (AvgIpc) is 3.09. The van der Waals surface area contributed by atoms with Crippen molar-refractivity contribution in [2.45, 2.75) is 38.1 Å². The maximum Gasteiger partial charge on any atom is 0.303 e. The molecule has 96 valence electrons. The van der Waals surface area contributed by atoms with Crippen LogP contribution in [0.5, 0.6) is 0 Å². The van der Waals surface area contributed by atoms with Crippen LogP contribution in [-0.4, -0.2) is 46.5 Å². The van der Waals surface area contributed by atoms with Crippen molar-refractivity contribution in [3.8, 4) is 0 Å². The van der Waals surface area contributed by atoms with E-state index in [0.29, 0.717) is 11.8 Å². The minimum atomic E-state index is -0.718. The van der Waals surface area contributed by atoms with Gasteiger partial charge in [0.15, 0.2) is 0 Å². The van der Waals surface area contributed by atoms with Gasteiger partial charge in [-0.25, -0.2) is 0 Å². The van der Waals surface area contributed by atoms with Crippen molar-refractivity contribution in [2.24, 2.45) is 5.41 Å². The van der Waals surface area contributed by atoms with Gasteiger partial charge < -0.3 is 10.0 Å². The first-order valence-electron chi connectivity index (χ1n) is 6.08. The van der Waals surface area contributed by atoms with E-state index in [1.54, 1.807) is 11.8 Å². The van der Waals surface area contributed by atoms with Crippen molar-refractivity contribution in [2.75, 3.05) is 18.6 Å². The Morgan fingerprint density at radius 3 is 2.53 bits per heavy atom. The molecule has 17 heavy (non-hydrogen) atoms. The number of carbonyl (C=O) groups is 2. The van der Waals surface area contributed by atoms with Crippen LogP contribution in [0.1, 0.15) is 32.1 Å². The fourth-order valence-corrected chi connectivity index (χ4v) is 3.30. The summed E-state index contributed by atoms with van der Waals surface area (Å²) in [6, 6.07) is 0.469. The molecule has 1 amide bonds. The molecule has 0 unspecified atom stereocenters. The van der Waals surface area contributed by atoms with Gasteiger partial charge in [0.2, 0.25) is 5.91 Å². The van der Waals surface area contributed by atoms with Gasteiger partial charge in [0.25, 0.3) is 0 Å². The van der Waals surface area contributed by atoms with Crippen molar-refractivity contribution in [1.29, 1.82) is 0 Å². The van der Waals surface area contributed by atoms with Crippen molar-refractivity contribution in [3.63, 3.8) is 0 Å². The Balaban J connectivity index is 1.65. The molecule has 0 heterocycles. The van der Waals surface area contributed by atoms with Gasteiger partial charge in [-0.15, -0.1) is 0 Å². The number of carboxylic acids is 1. The molecule has 5 heteroatoms. The first kappa shape index (κ1) is 12.7. The predicted molar refractivity (Wildman–Crippen MR) is 67.0 cm³/mol. The Bertz CT molecular complexity index is 324. The van der Waals surface area contributed by atoms with Gasteiger partial charge in [-0.2, -0.15) is 11.8 Å². The lowest BCUT2D eigenvalue weighted by atomic mass is 10.1. The number of carboxylic acid groups (broad SMARTS) is 1.